The van der Waals surface area contributed by atoms with Crippen molar-refractivity contribution in [3.63, 3.8) is 0 Å². The first-order valence-corrected chi connectivity index (χ1v) is 5.59. The fourth-order valence-electron chi connectivity index (χ4n) is 1.32. The molecule has 84 valence electrons. The number of nitrogen functional groups attached to an aromatic ring is 1. The molecule has 15 heavy (non-hydrogen) atoms. The number of halogens is 1. The number of pyridine rings is 1. The molecule has 0 atom stereocenters. The van der Waals surface area contributed by atoms with Gasteiger partial charge in [0.05, 0.1) is 4.47 Å². The maximum absolute atomic E-state index is 11.6. The lowest BCUT2D eigenvalue weighted by Gasteiger charge is -2.07. The summed E-state index contributed by atoms with van der Waals surface area (Å²) in [4.78, 5) is 11.6. The minimum absolute atomic E-state index is 0.0402. The quantitative estimate of drug-likeness (QED) is 0.831. The molecule has 0 saturated heterocycles. The van der Waals surface area contributed by atoms with Gasteiger partial charge in [0.2, 0.25) is 0 Å². The second kappa shape index (κ2) is 5.92. The maximum atomic E-state index is 11.6. The van der Waals surface area contributed by atoms with E-state index in [1.807, 2.05) is 0 Å². The van der Waals surface area contributed by atoms with Crippen molar-refractivity contribution in [3.8, 4) is 0 Å². The van der Waals surface area contributed by atoms with Gasteiger partial charge in [0.1, 0.15) is 0 Å². The predicted octanol–water partition coefficient (Wildman–Crippen LogP) is 1.62. The van der Waals surface area contributed by atoms with E-state index in [2.05, 4.69) is 15.9 Å². The zero-order valence-electron chi connectivity index (χ0n) is 8.70. The molecule has 0 aliphatic heterocycles. The zero-order chi connectivity index (χ0) is 11.3. The van der Waals surface area contributed by atoms with Gasteiger partial charge in [0, 0.05) is 32.1 Å². The van der Waals surface area contributed by atoms with Crippen LogP contribution in [0.5, 0.6) is 0 Å². The molecule has 1 heterocycles. The Hall–Kier alpha value is -0.810. The van der Waals surface area contributed by atoms with E-state index in [1.54, 1.807) is 23.9 Å². The van der Waals surface area contributed by atoms with Crippen molar-refractivity contribution in [2.45, 2.75) is 19.4 Å². The number of methoxy groups -OCH3 is 1. The number of nitrogens with two attached hydrogens (primary N) is 1. The molecule has 0 radical (unpaired) electrons. The smallest absolute Gasteiger partial charge is 0.264 e. The molecule has 0 unspecified atom stereocenters. The third-order valence-electron chi connectivity index (χ3n) is 2.06. The maximum Gasteiger partial charge on any atom is 0.264 e. The van der Waals surface area contributed by atoms with Crippen molar-refractivity contribution in [1.29, 1.82) is 0 Å². The Labute approximate surface area is 97.2 Å². The van der Waals surface area contributed by atoms with Gasteiger partial charge in [-0.2, -0.15) is 0 Å². The van der Waals surface area contributed by atoms with E-state index in [0.717, 1.165) is 19.4 Å². The number of aryl methyl sites for hydroxylation is 1. The van der Waals surface area contributed by atoms with Crippen molar-refractivity contribution in [2.24, 2.45) is 0 Å². The van der Waals surface area contributed by atoms with Crippen molar-refractivity contribution in [3.05, 3.63) is 27.1 Å². The van der Waals surface area contributed by atoms with Crippen molar-refractivity contribution in [2.75, 3.05) is 19.5 Å². The molecule has 0 spiro atoms. The number of nitrogens with zero attached hydrogens (tertiary/aromatic N) is 1. The first kappa shape index (κ1) is 12.3. The van der Waals surface area contributed by atoms with E-state index in [0.29, 0.717) is 16.7 Å². The van der Waals surface area contributed by atoms with Crippen molar-refractivity contribution >= 4 is 21.6 Å². The Kier molecular flexibility index (Phi) is 4.84. The minimum Gasteiger partial charge on any atom is -0.398 e. The second-order valence-corrected chi connectivity index (χ2v) is 4.17. The van der Waals surface area contributed by atoms with E-state index < -0.39 is 0 Å². The first-order valence-electron chi connectivity index (χ1n) is 4.79. The van der Waals surface area contributed by atoms with Gasteiger partial charge in [-0.1, -0.05) is 0 Å². The lowest BCUT2D eigenvalue weighted by molar-refractivity contribution is 0.191. The van der Waals surface area contributed by atoms with Crippen LogP contribution in [0.15, 0.2) is 21.5 Å². The molecular formula is C10H15BrN2O2. The van der Waals surface area contributed by atoms with E-state index in [4.69, 9.17) is 10.5 Å². The number of unbranched alkanes of at least 4 members (excludes halogenated alkanes) is 1. The fraction of sp³-hybridized carbons (Fsp3) is 0.500. The standard InChI is InChI=1S/C10H15BrN2O2/c1-15-5-3-2-4-13-7-8(12)6-9(11)10(13)14/h6-7H,2-5,12H2,1H3. The molecule has 0 bridgehead atoms. The van der Waals surface area contributed by atoms with Crippen LogP contribution < -0.4 is 11.3 Å². The summed E-state index contributed by atoms with van der Waals surface area (Å²) in [6.45, 7) is 1.39. The van der Waals surface area contributed by atoms with Crippen LogP contribution in [0, 0.1) is 0 Å². The second-order valence-electron chi connectivity index (χ2n) is 3.32. The first-order chi connectivity index (χ1) is 7.15. The molecule has 2 N–H and O–H groups in total. The lowest BCUT2D eigenvalue weighted by atomic mass is 10.3. The third-order valence-corrected chi connectivity index (χ3v) is 2.63. The minimum atomic E-state index is -0.0402. The van der Waals surface area contributed by atoms with Crippen molar-refractivity contribution < 1.29 is 4.74 Å². The Morgan fingerprint density at radius 2 is 2.27 bits per heavy atom. The number of aromatic nitrogens is 1. The molecule has 1 aromatic rings. The van der Waals surface area contributed by atoms with Gasteiger partial charge >= 0.3 is 0 Å². The molecule has 1 aromatic heterocycles. The highest BCUT2D eigenvalue weighted by Crippen LogP contribution is 2.08. The molecule has 4 nitrogen and oxygen atoms in total. The Morgan fingerprint density at radius 1 is 1.53 bits per heavy atom. The van der Waals surface area contributed by atoms with Crippen LogP contribution in [0.25, 0.3) is 0 Å². The van der Waals surface area contributed by atoms with E-state index in [-0.39, 0.29) is 5.56 Å². The predicted molar refractivity (Wildman–Crippen MR) is 63.9 cm³/mol. The number of hydrogen-bond acceptors (Lipinski definition) is 3. The van der Waals surface area contributed by atoms with Gasteiger partial charge < -0.3 is 15.0 Å². The summed E-state index contributed by atoms with van der Waals surface area (Å²) in [6, 6.07) is 1.62. The highest BCUT2D eigenvalue weighted by atomic mass is 79.9. The molecular weight excluding hydrogens is 260 g/mol. The van der Waals surface area contributed by atoms with Gasteiger partial charge in [-0.3, -0.25) is 4.79 Å². The summed E-state index contributed by atoms with van der Waals surface area (Å²) >= 11 is 3.18. The van der Waals surface area contributed by atoms with Gasteiger partial charge in [0.15, 0.2) is 0 Å². The molecule has 0 saturated carbocycles. The topological polar surface area (TPSA) is 57.2 Å². The number of ether oxygens (including phenoxy) is 1. The summed E-state index contributed by atoms with van der Waals surface area (Å²) in [6.07, 6.45) is 3.51. The van der Waals surface area contributed by atoms with Crippen LogP contribution in [-0.4, -0.2) is 18.3 Å². The summed E-state index contributed by atoms with van der Waals surface area (Å²) in [5, 5.41) is 0. The third kappa shape index (κ3) is 3.68. The van der Waals surface area contributed by atoms with Crippen LogP contribution in [-0.2, 0) is 11.3 Å². The average molecular weight is 275 g/mol. The Bertz CT molecular complexity index is 376. The summed E-state index contributed by atoms with van der Waals surface area (Å²) in [5.41, 5.74) is 6.20. The number of anilines is 1. The molecule has 1 rings (SSSR count). The molecule has 0 fully saturated rings. The van der Waals surface area contributed by atoms with Crippen LogP contribution in [0.2, 0.25) is 0 Å². The van der Waals surface area contributed by atoms with Crippen molar-refractivity contribution in [1.82, 2.24) is 4.57 Å². The highest BCUT2D eigenvalue weighted by Gasteiger charge is 2.02. The molecule has 5 heteroatoms. The monoisotopic (exact) mass is 274 g/mol. The summed E-state index contributed by atoms with van der Waals surface area (Å²) in [7, 11) is 1.67. The van der Waals surface area contributed by atoms with Gasteiger partial charge in [-0.25, -0.2) is 0 Å². The van der Waals surface area contributed by atoms with Crippen LogP contribution >= 0.6 is 15.9 Å². The largest absolute Gasteiger partial charge is 0.398 e. The highest BCUT2D eigenvalue weighted by molar-refractivity contribution is 9.10. The van der Waals surface area contributed by atoms with E-state index >= 15 is 0 Å². The van der Waals surface area contributed by atoms with Gasteiger partial charge in [-0.15, -0.1) is 0 Å². The molecule has 0 aromatic carbocycles. The van der Waals surface area contributed by atoms with Crippen LogP contribution in [0.3, 0.4) is 0 Å². The Morgan fingerprint density at radius 3 is 2.93 bits per heavy atom. The van der Waals surface area contributed by atoms with E-state index in [9.17, 15) is 4.79 Å². The lowest BCUT2D eigenvalue weighted by Crippen LogP contribution is -2.21. The number of hydrogen-bond donors (Lipinski definition) is 1. The van der Waals surface area contributed by atoms with Gasteiger partial charge in [0.25, 0.3) is 5.56 Å². The normalized spacial score (nSPS) is 10.5. The van der Waals surface area contributed by atoms with Crippen LogP contribution in [0.1, 0.15) is 12.8 Å². The van der Waals surface area contributed by atoms with E-state index in [1.165, 1.54) is 0 Å². The SMILES string of the molecule is COCCCCn1cc(N)cc(Br)c1=O. The fourth-order valence-corrected chi connectivity index (χ4v) is 1.81. The zero-order valence-corrected chi connectivity index (χ0v) is 10.3. The average Bonchev–Trinajstić information content (AvgIpc) is 2.19. The molecule has 0 aliphatic carbocycles. The summed E-state index contributed by atoms with van der Waals surface area (Å²) in [5.74, 6) is 0. The van der Waals surface area contributed by atoms with Crippen LogP contribution in [0.4, 0.5) is 5.69 Å². The Balaban J connectivity index is 2.64. The van der Waals surface area contributed by atoms with Gasteiger partial charge in [-0.05, 0) is 34.8 Å². The molecule has 0 aliphatic rings. The summed E-state index contributed by atoms with van der Waals surface area (Å²) < 4.78 is 7.06. The number of rotatable bonds is 5. The molecule has 0 amide bonds.